The number of aryl methyl sites for hydroxylation is 1. The predicted molar refractivity (Wildman–Crippen MR) is 127 cm³/mol. The fourth-order valence-corrected chi connectivity index (χ4v) is 5.74. The van der Waals surface area contributed by atoms with Crippen LogP contribution in [0.2, 0.25) is 0 Å². The number of amides is 2. The molecule has 1 aliphatic heterocycles. The zero-order valence-electron chi connectivity index (χ0n) is 18.2. The molecule has 1 fully saturated rings. The van der Waals surface area contributed by atoms with Gasteiger partial charge in [0, 0.05) is 35.7 Å². The normalized spacial score (nSPS) is 18.8. The lowest BCUT2D eigenvalue weighted by Crippen LogP contribution is -2.35. The molecule has 1 saturated carbocycles. The molecule has 0 bridgehead atoms. The largest absolute Gasteiger partial charge is 0.337 e. The van der Waals surface area contributed by atoms with Crippen molar-refractivity contribution in [2.45, 2.75) is 38.1 Å². The number of hydrogen-bond acceptors (Lipinski definition) is 5. The molecule has 2 unspecified atom stereocenters. The van der Waals surface area contributed by atoms with Gasteiger partial charge in [-0.2, -0.15) is 5.26 Å². The number of aromatic nitrogens is 1. The van der Waals surface area contributed by atoms with Crippen LogP contribution in [0, 0.1) is 17.2 Å². The Hall–Kier alpha value is -3.50. The third-order valence-electron chi connectivity index (χ3n) is 6.43. The minimum Gasteiger partial charge on any atom is -0.337 e. The Morgan fingerprint density at radius 2 is 2.00 bits per heavy atom. The van der Waals surface area contributed by atoms with Gasteiger partial charge in [-0.1, -0.05) is 36.4 Å². The van der Waals surface area contributed by atoms with Crippen LogP contribution in [0.1, 0.15) is 46.0 Å². The monoisotopic (exact) mass is 456 g/mol. The lowest BCUT2D eigenvalue weighted by atomic mass is 10.0. The van der Waals surface area contributed by atoms with Crippen molar-refractivity contribution in [3.63, 3.8) is 0 Å². The van der Waals surface area contributed by atoms with Crippen molar-refractivity contribution in [3.05, 3.63) is 82.0 Å². The van der Waals surface area contributed by atoms with Gasteiger partial charge in [0.1, 0.15) is 11.1 Å². The molecule has 5 rings (SSSR count). The van der Waals surface area contributed by atoms with E-state index in [1.807, 2.05) is 41.3 Å². The van der Waals surface area contributed by atoms with Crippen molar-refractivity contribution in [3.8, 4) is 6.07 Å². The highest BCUT2D eigenvalue weighted by atomic mass is 32.1. The summed E-state index contributed by atoms with van der Waals surface area (Å²) in [7, 11) is 0. The SMILES string of the molecule is N#Cc1c(NC(=O)C2CC2c2ccccc2)sc2c1CCN(C(=O)CCc1ccccn1)C2. The van der Waals surface area contributed by atoms with Gasteiger partial charge >= 0.3 is 0 Å². The number of benzene rings is 1. The Balaban J connectivity index is 1.23. The molecule has 6 nitrogen and oxygen atoms in total. The molecule has 3 heterocycles. The molecule has 0 saturated heterocycles. The van der Waals surface area contributed by atoms with Crippen LogP contribution in [-0.2, 0) is 29.0 Å². The maximum absolute atomic E-state index is 12.8. The van der Waals surface area contributed by atoms with Crippen molar-refractivity contribution in [1.29, 1.82) is 5.26 Å². The molecule has 33 heavy (non-hydrogen) atoms. The molecular weight excluding hydrogens is 432 g/mol. The fourth-order valence-electron chi connectivity index (χ4n) is 4.52. The van der Waals surface area contributed by atoms with Gasteiger partial charge in [0.05, 0.1) is 12.1 Å². The minimum absolute atomic E-state index is 0.0257. The summed E-state index contributed by atoms with van der Waals surface area (Å²) in [5.74, 6) is 0.260. The summed E-state index contributed by atoms with van der Waals surface area (Å²) in [6, 6.07) is 18.1. The lowest BCUT2D eigenvalue weighted by Gasteiger charge is -2.27. The van der Waals surface area contributed by atoms with E-state index >= 15 is 0 Å². The topological polar surface area (TPSA) is 86.1 Å². The third-order valence-corrected chi connectivity index (χ3v) is 7.57. The Bertz CT molecular complexity index is 1220. The van der Waals surface area contributed by atoms with Crippen LogP contribution in [0.4, 0.5) is 5.00 Å². The maximum atomic E-state index is 12.8. The van der Waals surface area contributed by atoms with Crippen molar-refractivity contribution in [2.24, 2.45) is 5.92 Å². The van der Waals surface area contributed by atoms with Crippen LogP contribution in [0.15, 0.2) is 54.7 Å². The van der Waals surface area contributed by atoms with E-state index in [0.717, 1.165) is 22.6 Å². The molecule has 7 heteroatoms. The van der Waals surface area contributed by atoms with Crippen LogP contribution < -0.4 is 5.32 Å². The second kappa shape index (κ2) is 9.16. The Labute approximate surface area is 196 Å². The summed E-state index contributed by atoms with van der Waals surface area (Å²) < 4.78 is 0. The Morgan fingerprint density at radius 1 is 1.18 bits per heavy atom. The quantitative estimate of drug-likeness (QED) is 0.600. The number of fused-ring (bicyclic) bond motifs is 1. The predicted octanol–water partition coefficient (Wildman–Crippen LogP) is 4.27. The van der Waals surface area contributed by atoms with Crippen LogP contribution in [0.25, 0.3) is 0 Å². The highest BCUT2D eigenvalue weighted by Gasteiger charge is 2.44. The first-order valence-corrected chi connectivity index (χ1v) is 12.0. The van der Waals surface area contributed by atoms with Crippen molar-refractivity contribution in [2.75, 3.05) is 11.9 Å². The van der Waals surface area contributed by atoms with E-state index in [4.69, 9.17) is 0 Å². The first-order chi connectivity index (χ1) is 16.1. The van der Waals surface area contributed by atoms with Gasteiger partial charge in [0.15, 0.2) is 0 Å². The molecule has 3 aromatic rings. The standard InChI is InChI=1S/C26H24N4O2S/c27-15-22-19-11-13-30(24(31)10-9-18-8-4-5-12-28-18)16-23(19)33-26(22)29-25(32)21-14-20(21)17-6-2-1-3-7-17/h1-8,12,20-21H,9-11,13-14,16H2,(H,29,32). The molecule has 1 aliphatic carbocycles. The summed E-state index contributed by atoms with van der Waals surface area (Å²) in [4.78, 5) is 32.7. The van der Waals surface area contributed by atoms with Crippen LogP contribution in [0.3, 0.4) is 0 Å². The number of thiophene rings is 1. The second-order valence-electron chi connectivity index (χ2n) is 8.55. The number of anilines is 1. The molecule has 0 radical (unpaired) electrons. The van der Waals surface area contributed by atoms with E-state index in [2.05, 4.69) is 28.5 Å². The number of nitrogens with one attached hydrogen (secondary N) is 1. The van der Waals surface area contributed by atoms with Gasteiger partial charge in [-0.05, 0) is 48.4 Å². The molecule has 2 amide bonds. The summed E-state index contributed by atoms with van der Waals surface area (Å²) in [5, 5.41) is 13.4. The summed E-state index contributed by atoms with van der Waals surface area (Å²) in [5.41, 5.74) is 3.62. The van der Waals surface area contributed by atoms with Crippen molar-refractivity contribution in [1.82, 2.24) is 9.88 Å². The number of pyridine rings is 1. The summed E-state index contributed by atoms with van der Waals surface area (Å²) in [6.45, 7) is 1.08. The first-order valence-electron chi connectivity index (χ1n) is 11.2. The van der Waals surface area contributed by atoms with E-state index in [9.17, 15) is 14.9 Å². The lowest BCUT2D eigenvalue weighted by molar-refractivity contribution is -0.132. The van der Waals surface area contributed by atoms with Gasteiger partial charge in [-0.15, -0.1) is 11.3 Å². The number of nitriles is 1. The van der Waals surface area contributed by atoms with Gasteiger partial charge in [-0.3, -0.25) is 14.6 Å². The van der Waals surface area contributed by atoms with E-state index in [1.165, 1.54) is 16.9 Å². The number of carbonyl (C=O) groups is 2. The molecule has 2 aromatic heterocycles. The maximum Gasteiger partial charge on any atom is 0.228 e. The van der Waals surface area contributed by atoms with Gasteiger partial charge in [-0.25, -0.2) is 0 Å². The van der Waals surface area contributed by atoms with E-state index in [1.54, 1.807) is 6.20 Å². The first kappa shape index (κ1) is 21.4. The second-order valence-corrected chi connectivity index (χ2v) is 9.66. The average Bonchev–Trinajstić information content (AvgIpc) is 3.59. The van der Waals surface area contributed by atoms with Gasteiger partial charge in [0.2, 0.25) is 11.8 Å². The van der Waals surface area contributed by atoms with E-state index < -0.39 is 0 Å². The molecule has 0 spiro atoms. The highest BCUT2D eigenvalue weighted by molar-refractivity contribution is 7.16. The summed E-state index contributed by atoms with van der Waals surface area (Å²) in [6.07, 6.45) is 4.23. The molecule has 1 N–H and O–H groups in total. The third kappa shape index (κ3) is 4.53. The average molecular weight is 457 g/mol. The highest BCUT2D eigenvalue weighted by Crippen LogP contribution is 2.48. The Morgan fingerprint density at radius 3 is 2.76 bits per heavy atom. The minimum atomic E-state index is -0.0530. The number of carbonyl (C=O) groups excluding carboxylic acids is 2. The van der Waals surface area contributed by atoms with E-state index in [0.29, 0.717) is 42.9 Å². The molecule has 1 aromatic carbocycles. The van der Waals surface area contributed by atoms with Crippen LogP contribution >= 0.6 is 11.3 Å². The Kier molecular flexibility index (Phi) is 5.93. The number of rotatable bonds is 6. The van der Waals surface area contributed by atoms with Crippen LogP contribution in [0.5, 0.6) is 0 Å². The van der Waals surface area contributed by atoms with Crippen molar-refractivity contribution < 1.29 is 9.59 Å². The van der Waals surface area contributed by atoms with Crippen molar-refractivity contribution >= 4 is 28.2 Å². The summed E-state index contributed by atoms with van der Waals surface area (Å²) >= 11 is 1.43. The molecule has 2 atom stereocenters. The molecular formula is C26H24N4O2S. The number of hydrogen-bond donors (Lipinski definition) is 1. The fraction of sp³-hybridized carbons (Fsp3) is 0.308. The van der Waals surface area contributed by atoms with E-state index in [-0.39, 0.29) is 23.7 Å². The smallest absolute Gasteiger partial charge is 0.228 e. The zero-order valence-corrected chi connectivity index (χ0v) is 19.0. The van der Waals surface area contributed by atoms with Crippen LogP contribution in [-0.4, -0.2) is 28.2 Å². The zero-order chi connectivity index (χ0) is 22.8. The van der Waals surface area contributed by atoms with Gasteiger partial charge in [0.25, 0.3) is 0 Å². The van der Waals surface area contributed by atoms with Gasteiger partial charge < -0.3 is 10.2 Å². The number of nitrogens with zero attached hydrogens (tertiary/aromatic N) is 3. The molecule has 166 valence electrons. The molecule has 2 aliphatic rings.